The minimum atomic E-state index is -2.64. The van der Waals surface area contributed by atoms with Crippen molar-refractivity contribution in [2.24, 2.45) is 0 Å². The van der Waals surface area contributed by atoms with Gasteiger partial charge in [0.1, 0.15) is 5.03 Å². The molecule has 1 aromatic rings. The van der Waals surface area contributed by atoms with Crippen molar-refractivity contribution < 1.29 is 13.2 Å². The molecule has 13 heavy (non-hydrogen) atoms. The molecule has 1 radical (unpaired) electrons. The van der Waals surface area contributed by atoms with Crippen molar-refractivity contribution in [3.8, 4) is 0 Å². The zero-order chi connectivity index (χ0) is 10.0. The number of halogens is 3. The Hall–Kier alpha value is -0.650. The molecule has 1 aromatic heterocycles. The smallest absolute Gasteiger partial charge is 0.253 e. The zero-order valence-electron chi connectivity index (χ0n) is 7.09. The fourth-order valence-electron chi connectivity index (χ4n) is 0.832. The highest BCUT2D eigenvalue weighted by Gasteiger charge is 2.18. The summed E-state index contributed by atoms with van der Waals surface area (Å²) in [5, 5.41) is 3.37. The summed E-state index contributed by atoms with van der Waals surface area (Å²) in [6.45, 7) is 3.46. The van der Waals surface area contributed by atoms with Crippen molar-refractivity contribution in [2.75, 3.05) is 0 Å². The monoisotopic (exact) mass is 209 g/mol. The van der Waals surface area contributed by atoms with Gasteiger partial charge in [0.05, 0.1) is 0 Å². The maximum atomic E-state index is 12.8. The van der Waals surface area contributed by atoms with Gasteiger partial charge < -0.3 is 0 Å². The molecule has 0 spiro atoms. The molecule has 0 bridgehead atoms. The van der Waals surface area contributed by atoms with E-state index in [1.807, 2.05) is 6.20 Å². The number of alkyl halides is 2. The Morgan fingerprint density at radius 3 is 2.54 bits per heavy atom. The Kier molecular flexibility index (Phi) is 3.24. The van der Waals surface area contributed by atoms with E-state index >= 15 is 0 Å². The lowest BCUT2D eigenvalue weighted by Gasteiger charge is -2.09. The zero-order valence-corrected chi connectivity index (χ0v) is 7.91. The highest BCUT2D eigenvalue weighted by Crippen LogP contribution is 2.28. The molecule has 1 rings (SSSR count). The third-order valence-electron chi connectivity index (χ3n) is 1.34. The number of rotatable bonds is 3. The van der Waals surface area contributed by atoms with Crippen LogP contribution in [-0.4, -0.2) is 15.5 Å². The van der Waals surface area contributed by atoms with Gasteiger partial charge in [0.2, 0.25) is 0 Å². The number of hydrogen-bond acceptors (Lipinski definition) is 2. The van der Waals surface area contributed by atoms with Crippen LogP contribution in [0.15, 0.2) is 5.03 Å². The first-order valence-corrected chi connectivity index (χ1v) is 4.51. The number of aromatic nitrogens is 2. The second-order valence-corrected chi connectivity index (χ2v) is 3.63. The molecular weight excluding hydrogens is 201 g/mol. The quantitative estimate of drug-likeness (QED) is 0.712. The van der Waals surface area contributed by atoms with Crippen LogP contribution in [0, 0.1) is 12.0 Å². The van der Waals surface area contributed by atoms with E-state index in [0.717, 1.165) is 0 Å². The van der Waals surface area contributed by atoms with Gasteiger partial charge in [0.15, 0.2) is 12.0 Å². The summed E-state index contributed by atoms with van der Waals surface area (Å²) < 4.78 is 37.9. The molecule has 0 unspecified atom stereocenters. The van der Waals surface area contributed by atoms with Gasteiger partial charge in [0, 0.05) is 6.04 Å². The van der Waals surface area contributed by atoms with E-state index in [9.17, 15) is 13.2 Å². The van der Waals surface area contributed by atoms with E-state index < -0.39 is 11.6 Å². The molecule has 2 nitrogen and oxygen atoms in total. The van der Waals surface area contributed by atoms with E-state index in [1.54, 1.807) is 13.8 Å². The lowest BCUT2D eigenvalue weighted by atomic mass is 10.4. The Morgan fingerprint density at radius 2 is 2.08 bits per heavy atom. The predicted octanol–water partition coefficient (Wildman–Crippen LogP) is 2.72. The third-order valence-corrected chi connectivity index (χ3v) is 2.11. The van der Waals surface area contributed by atoms with Crippen molar-refractivity contribution >= 4 is 11.8 Å². The van der Waals surface area contributed by atoms with Crippen LogP contribution in [0.2, 0.25) is 0 Å². The van der Waals surface area contributed by atoms with Crippen molar-refractivity contribution in [3.63, 3.8) is 0 Å². The van der Waals surface area contributed by atoms with Gasteiger partial charge in [-0.1, -0.05) is 0 Å². The molecule has 0 saturated heterocycles. The molecule has 0 saturated carbocycles. The van der Waals surface area contributed by atoms with Crippen LogP contribution in [0.1, 0.15) is 19.9 Å². The third kappa shape index (κ3) is 2.40. The Bertz CT molecular complexity index is 285. The largest absolute Gasteiger partial charge is 0.290 e. The average molecular weight is 209 g/mol. The van der Waals surface area contributed by atoms with Gasteiger partial charge in [0.25, 0.3) is 5.76 Å². The van der Waals surface area contributed by atoms with E-state index in [4.69, 9.17) is 0 Å². The maximum absolute atomic E-state index is 12.8. The van der Waals surface area contributed by atoms with E-state index in [0.29, 0.717) is 0 Å². The predicted molar refractivity (Wildman–Crippen MR) is 43.3 cm³/mol. The summed E-state index contributed by atoms with van der Waals surface area (Å²) in [5.74, 6) is -3.46. The highest BCUT2D eigenvalue weighted by molar-refractivity contribution is 7.99. The number of hydrogen-bond donors (Lipinski definition) is 0. The summed E-state index contributed by atoms with van der Waals surface area (Å²) >= 11 is 0.148. The van der Waals surface area contributed by atoms with Crippen molar-refractivity contribution in [2.45, 2.75) is 30.7 Å². The second kappa shape index (κ2) is 4.04. The number of nitrogens with zero attached hydrogens (tertiary/aromatic N) is 2. The average Bonchev–Trinajstić information content (AvgIpc) is 2.32. The van der Waals surface area contributed by atoms with Crippen molar-refractivity contribution in [3.05, 3.63) is 12.0 Å². The van der Waals surface area contributed by atoms with Gasteiger partial charge in [-0.05, 0) is 25.6 Å². The van der Waals surface area contributed by atoms with Crippen LogP contribution in [0.5, 0.6) is 0 Å². The molecule has 0 fully saturated rings. The molecule has 0 N–H and O–H groups in total. The van der Waals surface area contributed by atoms with E-state index in [2.05, 4.69) is 5.10 Å². The molecule has 1 heterocycles. The Balaban J connectivity index is 2.94. The molecule has 6 heteroatoms. The van der Waals surface area contributed by atoms with Gasteiger partial charge in [-0.15, -0.1) is 0 Å². The highest BCUT2D eigenvalue weighted by atomic mass is 32.2. The summed E-state index contributed by atoms with van der Waals surface area (Å²) in [5.41, 5.74) is 0. The lowest BCUT2D eigenvalue weighted by Crippen LogP contribution is -2.05. The summed E-state index contributed by atoms with van der Waals surface area (Å²) in [7, 11) is 0. The van der Waals surface area contributed by atoms with Crippen LogP contribution < -0.4 is 0 Å². The molecule has 0 aromatic carbocycles. The van der Waals surface area contributed by atoms with E-state index in [1.165, 1.54) is 4.68 Å². The minimum Gasteiger partial charge on any atom is -0.253 e. The summed E-state index contributed by atoms with van der Waals surface area (Å²) in [4.78, 5) is 0. The van der Waals surface area contributed by atoms with Crippen molar-refractivity contribution in [1.82, 2.24) is 9.78 Å². The normalized spacial score (nSPS) is 11.6. The minimum absolute atomic E-state index is 0.148. The van der Waals surface area contributed by atoms with Crippen LogP contribution in [0.4, 0.5) is 13.2 Å². The molecule has 0 aliphatic carbocycles. The molecule has 0 aliphatic heterocycles. The van der Waals surface area contributed by atoms with Crippen LogP contribution in [-0.2, 0) is 0 Å². The Labute approximate surface area is 78.1 Å². The Morgan fingerprint density at radius 1 is 1.46 bits per heavy atom. The van der Waals surface area contributed by atoms with Crippen molar-refractivity contribution in [1.29, 1.82) is 0 Å². The van der Waals surface area contributed by atoms with Gasteiger partial charge in [-0.3, -0.25) is 4.68 Å². The molecular formula is C7H8F3N2S. The first-order chi connectivity index (χ1) is 6.02. The fourth-order valence-corrected chi connectivity index (χ4v) is 1.51. The van der Waals surface area contributed by atoms with E-state index in [-0.39, 0.29) is 22.8 Å². The number of thioether (sulfide) groups is 1. The fraction of sp³-hybridized carbons (Fsp3) is 0.571. The molecule has 0 amide bonds. The molecule has 73 valence electrons. The first kappa shape index (κ1) is 10.4. The first-order valence-electron chi connectivity index (χ1n) is 3.63. The molecule has 0 atom stereocenters. The SMILES string of the molecule is CC(C)n1n[c]c(F)c1SC(F)F. The van der Waals surface area contributed by atoms with Gasteiger partial charge in [-0.25, -0.2) is 4.39 Å². The standard InChI is InChI=1S/C7H8F3N2S/c1-4(2)12-6(13-7(9)10)5(8)3-11-12/h4,7H,1-2H3. The van der Waals surface area contributed by atoms with Gasteiger partial charge >= 0.3 is 0 Å². The topological polar surface area (TPSA) is 17.8 Å². The lowest BCUT2D eigenvalue weighted by molar-refractivity contribution is 0.250. The van der Waals surface area contributed by atoms with Crippen LogP contribution in [0.3, 0.4) is 0 Å². The maximum Gasteiger partial charge on any atom is 0.290 e. The second-order valence-electron chi connectivity index (χ2n) is 2.65. The van der Waals surface area contributed by atoms with Gasteiger partial charge in [-0.2, -0.15) is 13.9 Å². The molecule has 0 aliphatic rings. The van der Waals surface area contributed by atoms with Crippen LogP contribution >= 0.6 is 11.8 Å². The summed E-state index contributed by atoms with van der Waals surface area (Å²) in [6, 6.07) is -0.151. The summed E-state index contributed by atoms with van der Waals surface area (Å²) in [6.07, 6.45) is 2.02. The van der Waals surface area contributed by atoms with Crippen LogP contribution in [0.25, 0.3) is 0 Å².